The summed E-state index contributed by atoms with van der Waals surface area (Å²) in [4.78, 5) is 38.2. The topological polar surface area (TPSA) is 97.0 Å². The molecule has 1 atom stereocenters. The monoisotopic (exact) mass is 359 g/mol. The molecule has 8 nitrogen and oxygen atoms in total. The fourth-order valence-corrected chi connectivity index (χ4v) is 3.16. The lowest BCUT2D eigenvalue weighted by Crippen LogP contribution is -2.43. The Morgan fingerprint density at radius 3 is 2.73 bits per heavy atom. The minimum atomic E-state index is -1.25. The van der Waals surface area contributed by atoms with Crippen molar-refractivity contribution in [3.8, 4) is 11.5 Å². The number of hydrogen-bond acceptors (Lipinski definition) is 5. The zero-order valence-electron chi connectivity index (χ0n) is 14.5. The summed E-state index contributed by atoms with van der Waals surface area (Å²) in [6.07, 6.45) is 2.67. The highest BCUT2D eigenvalue weighted by atomic mass is 16.5. The number of nitrogens with zero attached hydrogens (tertiary/aromatic N) is 1. The molecule has 1 saturated carbocycles. The Bertz CT molecular complexity index is 776. The van der Waals surface area contributed by atoms with E-state index < -0.39 is 17.5 Å². The van der Waals surface area contributed by atoms with Crippen LogP contribution < -0.4 is 20.1 Å². The quantitative estimate of drug-likeness (QED) is 0.779. The number of urea groups is 1. The maximum atomic E-state index is 12.9. The molecule has 0 radical (unpaired) electrons. The van der Waals surface area contributed by atoms with Crippen LogP contribution in [0.2, 0.25) is 0 Å². The number of ether oxygens (including phenoxy) is 2. The number of nitrogens with one attached hydrogen (secondary N) is 2. The van der Waals surface area contributed by atoms with Crippen molar-refractivity contribution in [2.75, 3.05) is 19.8 Å². The number of hydrogen-bond donors (Lipinski definition) is 2. The van der Waals surface area contributed by atoms with Crippen molar-refractivity contribution >= 4 is 17.8 Å². The van der Waals surface area contributed by atoms with Crippen LogP contribution in [0.5, 0.6) is 11.5 Å². The third-order valence-corrected chi connectivity index (χ3v) is 4.84. The molecule has 8 heteroatoms. The molecule has 1 saturated heterocycles. The lowest BCUT2D eigenvalue weighted by molar-refractivity contribution is -0.134. The molecule has 26 heavy (non-hydrogen) atoms. The van der Waals surface area contributed by atoms with Crippen molar-refractivity contribution in [1.29, 1.82) is 0 Å². The minimum absolute atomic E-state index is 0.177. The van der Waals surface area contributed by atoms with E-state index in [-0.39, 0.29) is 18.5 Å². The molecule has 4 rings (SSSR count). The predicted octanol–water partition coefficient (Wildman–Crippen LogP) is 0.893. The summed E-state index contributed by atoms with van der Waals surface area (Å²) in [7, 11) is 0. The molecule has 2 heterocycles. The van der Waals surface area contributed by atoms with Gasteiger partial charge < -0.3 is 20.1 Å². The third kappa shape index (κ3) is 2.95. The summed E-state index contributed by atoms with van der Waals surface area (Å²) < 4.78 is 11.3. The molecule has 0 unspecified atom stereocenters. The molecular formula is C18H21N3O5. The summed E-state index contributed by atoms with van der Waals surface area (Å²) in [5, 5.41) is 5.49. The van der Waals surface area contributed by atoms with Gasteiger partial charge in [-0.25, -0.2) is 4.79 Å². The number of benzene rings is 1. The van der Waals surface area contributed by atoms with Crippen molar-refractivity contribution in [2.24, 2.45) is 0 Å². The molecule has 1 aliphatic carbocycles. The zero-order chi connectivity index (χ0) is 18.3. The van der Waals surface area contributed by atoms with Gasteiger partial charge in [0.2, 0.25) is 5.91 Å². The van der Waals surface area contributed by atoms with Gasteiger partial charge in [-0.2, -0.15) is 0 Å². The van der Waals surface area contributed by atoms with Crippen LogP contribution in [-0.2, 0) is 15.1 Å². The zero-order valence-corrected chi connectivity index (χ0v) is 14.5. The molecule has 138 valence electrons. The molecule has 1 aromatic carbocycles. The second-order valence-corrected chi connectivity index (χ2v) is 7.00. The highest BCUT2D eigenvalue weighted by molar-refractivity contribution is 6.09. The Balaban J connectivity index is 1.55. The van der Waals surface area contributed by atoms with E-state index >= 15 is 0 Å². The van der Waals surface area contributed by atoms with Gasteiger partial charge in [-0.1, -0.05) is 6.07 Å². The predicted molar refractivity (Wildman–Crippen MR) is 90.8 cm³/mol. The van der Waals surface area contributed by atoms with Gasteiger partial charge in [0.05, 0.1) is 13.2 Å². The smallest absolute Gasteiger partial charge is 0.325 e. The van der Waals surface area contributed by atoms with Gasteiger partial charge in [0.15, 0.2) is 11.5 Å². The first kappa shape index (κ1) is 16.7. The average molecular weight is 359 g/mol. The summed E-state index contributed by atoms with van der Waals surface area (Å²) in [5.41, 5.74) is -0.660. The van der Waals surface area contributed by atoms with E-state index in [1.54, 1.807) is 25.1 Å². The van der Waals surface area contributed by atoms with E-state index in [9.17, 15) is 14.4 Å². The van der Waals surface area contributed by atoms with Gasteiger partial charge in [0.1, 0.15) is 12.1 Å². The summed E-state index contributed by atoms with van der Waals surface area (Å²) in [6.45, 7) is 2.46. The first-order valence-electron chi connectivity index (χ1n) is 8.81. The Morgan fingerprint density at radius 2 is 2.00 bits per heavy atom. The maximum Gasteiger partial charge on any atom is 0.325 e. The molecule has 2 fully saturated rings. The Kier molecular flexibility index (Phi) is 3.97. The second-order valence-electron chi connectivity index (χ2n) is 7.00. The maximum absolute atomic E-state index is 12.9. The fraction of sp³-hybridized carbons (Fsp3) is 0.500. The fourth-order valence-electron chi connectivity index (χ4n) is 3.16. The van der Waals surface area contributed by atoms with Crippen molar-refractivity contribution in [2.45, 2.75) is 37.8 Å². The first-order valence-corrected chi connectivity index (χ1v) is 8.81. The average Bonchev–Trinajstić information content (AvgIpc) is 3.41. The van der Waals surface area contributed by atoms with E-state index in [4.69, 9.17) is 9.47 Å². The number of amides is 4. The summed E-state index contributed by atoms with van der Waals surface area (Å²) in [6, 6.07) is 4.79. The van der Waals surface area contributed by atoms with E-state index in [0.29, 0.717) is 30.3 Å². The molecule has 2 aliphatic heterocycles. The molecule has 0 bridgehead atoms. The van der Waals surface area contributed by atoms with Gasteiger partial charge in [-0.05, 0) is 37.5 Å². The molecular weight excluding hydrogens is 338 g/mol. The van der Waals surface area contributed by atoms with Crippen molar-refractivity contribution < 1.29 is 23.9 Å². The Labute approximate surface area is 150 Å². The number of carbonyl (C=O) groups excluding carboxylic acids is 3. The van der Waals surface area contributed by atoms with Gasteiger partial charge in [0, 0.05) is 12.5 Å². The Morgan fingerprint density at radius 1 is 1.27 bits per heavy atom. The van der Waals surface area contributed by atoms with Gasteiger partial charge in [0.25, 0.3) is 5.91 Å². The van der Waals surface area contributed by atoms with E-state index in [2.05, 4.69) is 10.6 Å². The standard InChI is InChI=1S/C18H21N3O5/c1-18(11-3-6-13-14(9-11)26-8-2-7-25-13)16(23)21(17(24)20-18)10-15(22)19-12-4-5-12/h3,6,9,12H,2,4-5,7-8,10H2,1H3,(H,19,22)(H,20,24)/t18-/m1/s1. The van der Waals surface area contributed by atoms with Gasteiger partial charge >= 0.3 is 6.03 Å². The second kappa shape index (κ2) is 6.19. The van der Waals surface area contributed by atoms with Crippen molar-refractivity contribution in [1.82, 2.24) is 15.5 Å². The van der Waals surface area contributed by atoms with Gasteiger partial charge in [-0.3, -0.25) is 14.5 Å². The lowest BCUT2D eigenvalue weighted by atomic mass is 9.91. The van der Waals surface area contributed by atoms with Crippen LogP contribution in [0, 0.1) is 0 Å². The van der Waals surface area contributed by atoms with Crippen molar-refractivity contribution in [3.05, 3.63) is 23.8 Å². The molecule has 1 aromatic rings. The molecule has 3 aliphatic rings. The molecule has 0 spiro atoms. The van der Waals surface area contributed by atoms with Crippen LogP contribution in [0.3, 0.4) is 0 Å². The van der Waals surface area contributed by atoms with E-state index in [1.165, 1.54) is 0 Å². The number of fused-ring (bicyclic) bond motifs is 1. The highest BCUT2D eigenvalue weighted by Gasteiger charge is 2.50. The van der Waals surface area contributed by atoms with Crippen LogP contribution in [0.4, 0.5) is 4.79 Å². The SMILES string of the molecule is C[C@]1(c2ccc3c(c2)OCCCO3)NC(=O)N(CC(=O)NC2CC2)C1=O. The summed E-state index contributed by atoms with van der Waals surface area (Å²) in [5.74, 6) is 0.391. The molecule has 4 amide bonds. The third-order valence-electron chi connectivity index (χ3n) is 4.84. The number of rotatable bonds is 4. The number of imide groups is 1. The largest absolute Gasteiger partial charge is 0.490 e. The van der Waals surface area contributed by atoms with Crippen molar-refractivity contribution in [3.63, 3.8) is 0 Å². The van der Waals surface area contributed by atoms with Crippen LogP contribution >= 0.6 is 0 Å². The highest BCUT2D eigenvalue weighted by Crippen LogP contribution is 2.36. The summed E-state index contributed by atoms with van der Waals surface area (Å²) >= 11 is 0. The lowest BCUT2D eigenvalue weighted by Gasteiger charge is -2.23. The first-order chi connectivity index (χ1) is 12.5. The van der Waals surface area contributed by atoms with E-state index in [0.717, 1.165) is 24.2 Å². The molecule has 0 aromatic heterocycles. The van der Waals surface area contributed by atoms with Gasteiger partial charge in [-0.15, -0.1) is 0 Å². The van der Waals surface area contributed by atoms with E-state index in [1.807, 2.05) is 0 Å². The van der Waals surface area contributed by atoms with Crippen LogP contribution in [0.25, 0.3) is 0 Å². The Hall–Kier alpha value is -2.77. The number of carbonyl (C=O) groups is 3. The van der Waals surface area contributed by atoms with Crippen LogP contribution in [0.1, 0.15) is 31.7 Å². The normalized spacial score (nSPS) is 24.9. The minimum Gasteiger partial charge on any atom is -0.490 e. The molecule has 2 N–H and O–H groups in total. The van der Waals surface area contributed by atoms with Crippen LogP contribution in [-0.4, -0.2) is 48.5 Å². The van der Waals surface area contributed by atoms with Crippen LogP contribution in [0.15, 0.2) is 18.2 Å².